The van der Waals surface area contributed by atoms with Gasteiger partial charge in [0.1, 0.15) is 11.5 Å². The van der Waals surface area contributed by atoms with E-state index < -0.39 is 0 Å². The molecular weight excluding hydrogens is 325 g/mol. The van der Waals surface area contributed by atoms with E-state index in [4.69, 9.17) is 14.0 Å². The van der Waals surface area contributed by atoms with Gasteiger partial charge < -0.3 is 18.9 Å². The second-order valence-corrected chi connectivity index (χ2v) is 6.67. The van der Waals surface area contributed by atoms with E-state index in [9.17, 15) is 0 Å². The number of ether oxygens (including phenoxy) is 1. The zero-order chi connectivity index (χ0) is 17.8. The van der Waals surface area contributed by atoms with Crippen LogP contribution in [-0.2, 0) is 9.31 Å². The maximum Gasteiger partial charge on any atom is 0.573 e. The lowest BCUT2D eigenvalue weighted by molar-refractivity contribution is 0.209. The van der Waals surface area contributed by atoms with Gasteiger partial charge in [0.05, 0.1) is 13.2 Å². The Morgan fingerprint density at radius 2 is 1.69 bits per heavy atom. The molecule has 0 aromatic heterocycles. The highest BCUT2D eigenvalue weighted by Gasteiger charge is 2.20. The molecule has 133 valence electrons. The average molecular weight is 348 g/mol. The van der Waals surface area contributed by atoms with Crippen LogP contribution >= 0.6 is 0 Å². The monoisotopic (exact) mass is 348 g/mol. The number of rotatable bonds is 4. The van der Waals surface area contributed by atoms with Crippen LogP contribution in [-0.4, -0.2) is 27.9 Å². The van der Waals surface area contributed by atoms with Gasteiger partial charge in [-0.25, -0.2) is 0 Å². The Balaban J connectivity index is 1.51. The van der Waals surface area contributed by atoms with E-state index in [2.05, 4.69) is 29.2 Å². The van der Waals surface area contributed by atoms with E-state index in [1.807, 2.05) is 30.3 Å². The fraction of sp³-hybridized carbons (Fsp3) is 0.333. The largest absolute Gasteiger partial charge is 0.573 e. The third-order valence-corrected chi connectivity index (χ3v) is 5.00. The predicted molar refractivity (Wildman–Crippen MR) is 104 cm³/mol. The van der Waals surface area contributed by atoms with Gasteiger partial charge >= 0.3 is 7.69 Å². The summed E-state index contributed by atoms with van der Waals surface area (Å²) in [5.41, 5.74) is 3.41. The summed E-state index contributed by atoms with van der Waals surface area (Å²) in [7, 11) is 3.09. The van der Waals surface area contributed by atoms with Crippen molar-refractivity contribution in [3.8, 4) is 5.75 Å². The third-order valence-electron chi connectivity index (χ3n) is 5.00. The number of nitrogens with zero attached hydrogens (tertiary/aromatic N) is 1. The Morgan fingerprint density at radius 1 is 0.962 bits per heavy atom. The van der Waals surface area contributed by atoms with Gasteiger partial charge in [0, 0.05) is 24.3 Å². The summed E-state index contributed by atoms with van der Waals surface area (Å²) in [6, 6.07) is 16.5. The van der Waals surface area contributed by atoms with Crippen LogP contribution in [0.2, 0.25) is 0 Å². The van der Waals surface area contributed by atoms with Crippen LogP contribution in [0.1, 0.15) is 36.5 Å². The number of anilines is 1. The van der Waals surface area contributed by atoms with Gasteiger partial charge in [0.15, 0.2) is 0 Å². The molecule has 1 unspecified atom stereocenters. The summed E-state index contributed by atoms with van der Waals surface area (Å²) in [5.74, 6) is 1.66. The molecule has 2 aliphatic rings. The lowest BCUT2D eigenvalue weighted by atomic mass is 10.0. The second-order valence-electron chi connectivity index (χ2n) is 6.67. The minimum Gasteiger partial charge on any atom is -0.537 e. The van der Waals surface area contributed by atoms with E-state index in [1.54, 1.807) is 7.11 Å². The van der Waals surface area contributed by atoms with Crippen molar-refractivity contribution in [1.82, 2.24) is 0 Å². The number of methoxy groups -OCH3 is 1. The van der Waals surface area contributed by atoms with E-state index in [1.165, 1.54) is 32.6 Å². The van der Waals surface area contributed by atoms with E-state index >= 15 is 0 Å². The molecule has 4 rings (SSSR count). The number of hydrogen-bond acceptors (Lipinski definition) is 4. The van der Waals surface area contributed by atoms with Gasteiger partial charge in [-0.15, -0.1) is 0 Å². The molecule has 0 spiro atoms. The van der Waals surface area contributed by atoms with Crippen molar-refractivity contribution in [2.45, 2.75) is 25.4 Å². The van der Waals surface area contributed by atoms with Crippen LogP contribution in [0.4, 0.5) is 5.69 Å². The van der Waals surface area contributed by atoms with Crippen LogP contribution in [0, 0.1) is 0 Å². The molecule has 1 atom stereocenters. The molecule has 1 radical (unpaired) electrons. The number of hydrogen-bond donors (Lipinski definition) is 0. The Kier molecular flexibility index (Phi) is 5.16. The molecule has 0 amide bonds. The maximum atomic E-state index is 5.64. The standard InChI is InChI=1S/C21H23BNO3/c1-24-19-11-7-17(8-12-19)21-15-20(25-22-26-21)16-5-9-18(10-6-16)23-13-3-2-4-14-23/h5-12,15,21H,2-4,13-14H2,1H3. The molecule has 2 aromatic rings. The van der Waals surface area contributed by atoms with Crippen molar-refractivity contribution in [3.63, 3.8) is 0 Å². The summed E-state index contributed by atoms with van der Waals surface area (Å²) in [6.07, 6.45) is 5.76. The Bertz CT molecular complexity index is 752. The first-order chi connectivity index (χ1) is 12.8. The summed E-state index contributed by atoms with van der Waals surface area (Å²) >= 11 is 0. The Hall–Kier alpha value is -2.40. The SMILES string of the molecule is COc1ccc(C2C=C(c3ccc(N4CCCCC4)cc3)O[B]O2)cc1. The molecular formula is C21H23BNO3. The van der Waals surface area contributed by atoms with Crippen LogP contribution < -0.4 is 9.64 Å². The summed E-state index contributed by atoms with van der Waals surface area (Å²) in [6.45, 7) is 2.30. The zero-order valence-electron chi connectivity index (χ0n) is 15.1. The van der Waals surface area contributed by atoms with Gasteiger partial charge in [-0.3, -0.25) is 0 Å². The number of benzene rings is 2. The Morgan fingerprint density at radius 3 is 2.38 bits per heavy atom. The molecule has 1 saturated heterocycles. The normalized spacial score (nSPS) is 20.0. The van der Waals surface area contributed by atoms with Gasteiger partial charge in [-0.2, -0.15) is 0 Å². The maximum absolute atomic E-state index is 5.64. The highest BCUT2D eigenvalue weighted by Crippen LogP contribution is 2.31. The molecule has 2 aliphatic heterocycles. The number of piperidine rings is 1. The second kappa shape index (κ2) is 7.87. The van der Waals surface area contributed by atoms with Gasteiger partial charge in [0.25, 0.3) is 0 Å². The molecule has 4 nitrogen and oxygen atoms in total. The Labute approximate surface area is 155 Å². The van der Waals surface area contributed by atoms with Gasteiger partial charge in [-0.05, 0) is 67.3 Å². The first-order valence-corrected chi connectivity index (χ1v) is 9.18. The summed E-state index contributed by atoms with van der Waals surface area (Å²) in [4.78, 5) is 2.46. The predicted octanol–water partition coefficient (Wildman–Crippen LogP) is 4.35. The van der Waals surface area contributed by atoms with Crippen LogP contribution in [0.5, 0.6) is 5.75 Å². The van der Waals surface area contributed by atoms with Crippen molar-refractivity contribution in [1.29, 1.82) is 0 Å². The molecule has 2 heterocycles. The molecule has 1 fully saturated rings. The van der Waals surface area contributed by atoms with Crippen LogP contribution in [0.25, 0.3) is 5.76 Å². The first-order valence-electron chi connectivity index (χ1n) is 9.18. The fourth-order valence-corrected chi connectivity index (χ4v) is 3.48. The molecule has 2 aromatic carbocycles. The van der Waals surface area contributed by atoms with Crippen LogP contribution in [0.15, 0.2) is 54.6 Å². The highest BCUT2D eigenvalue weighted by molar-refractivity contribution is 6.21. The average Bonchev–Trinajstić information content (AvgIpc) is 2.75. The molecule has 0 aliphatic carbocycles. The smallest absolute Gasteiger partial charge is 0.537 e. The van der Waals surface area contributed by atoms with Crippen molar-refractivity contribution in [3.05, 3.63) is 65.7 Å². The molecule has 26 heavy (non-hydrogen) atoms. The van der Waals surface area contributed by atoms with Crippen molar-refractivity contribution < 1.29 is 14.0 Å². The molecule has 0 saturated carbocycles. The summed E-state index contributed by atoms with van der Waals surface area (Å²) < 4.78 is 16.5. The van der Waals surface area contributed by atoms with E-state index in [0.717, 1.165) is 35.7 Å². The lowest BCUT2D eigenvalue weighted by Gasteiger charge is -2.29. The van der Waals surface area contributed by atoms with E-state index in [0.29, 0.717) is 0 Å². The fourth-order valence-electron chi connectivity index (χ4n) is 3.48. The van der Waals surface area contributed by atoms with Gasteiger partial charge in [-0.1, -0.05) is 12.1 Å². The molecule has 5 heteroatoms. The zero-order valence-corrected chi connectivity index (χ0v) is 15.1. The van der Waals surface area contributed by atoms with Crippen LogP contribution in [0.3, 0.4) is 0 Å². The highest BCUT2D eigenvalue weighted by atomic mass is 16.6. The third kappa shape index (κ3) is 3.73. The first kappa shape index (κ1) is 17.0. The molecule has 0 N–H and O–H groups in total. The minimum atomic E-state index is -0.161. The lowest BCUT2D eigenvalue weighted by Crippen LogP contribution is -2.29. The van der Waals surface area contributed by atoms with Crippen molar-refractivity contribution >= 4 is 19.1 Å². The summed E-state index contributed by atoms with van der Waals surface area (Å²) in [5, 5.41) is 0. The topological polar surface area (TPSA) is 30.9 Å². The minimum absolute atomic E-state index is 0.161. The quantitative estimate of drug-likeness (QED) is 0.769. The van der Waals surface area contributed by atoms with Gasteiger partial charge in [0.2, 0.25) is 0 Å². The van der Waals surface area contributed by atoms with Crippen molar-refractivity contribution in [2.75, 3.05) is 25.1 Å². The van der Waals surface area contributed by atoms with Crippen molar-refractivity contribution in [2.24, 2.45) is 0 Å². The molecule has 0 bridgehead atoms. The van der Waals surface area contributed by atoms with E-state index in [-0.39, 0.29) is 6.10 Å².